The minimum atomic E-state index is -0.177. The predicted octanol–water partition coefficient (Wildman–Crippen LogP) is 5.13. The Labute approximate surface area is 183 Å². The largest absolute Gasteiger partial charge is 0.497 e. The molecule has 7 heteroatoms. The Kier molecular flexibility index (Phi) is 7.27. The lowest BCUT2D eigenvalue weighted by Crippen LogP contribution is -2.16. The number of methoxy groups -OCH3 is 1. The SMILES string of the molecule is COc1ccc(C#CCSc2nc(Cc3c(Cl)cccc3Cl)c(C)c(=O)[nH]2)cc1. The number of halogens is 2. The third-order valence-corrected chi connectivity index (χ3v) is 5.70. The van der Waals surface area contributed by atoms with Crippen molar-refractivity contribution >= 4 is 35.0 Å². The van der Waals surface area contributed by atoms with Crippen LogP contribution in [-0.4, -0.2) is 22.8 Å². The van der Waals surface area contributed by atoms with E-state index >= 15 is 0 Å². The highest BCUT2D eigenvalue weighted by atomic mass is 35.5. The van der Waals surface area contributed by atoms with E-state index in [-0.39, 0.29) is 5.56 Å². The molecule has 1 N–H and O–H groups in total. The number of H-pyrrole nitrogens is 1. The number of ether oxygens (including phenoxy) is 1. The van der Waals surface area contributed by atoms with Crippen molar-refractivity contribution in [1.29, 1.82) is 0 Å². The van der Waals surface area contributed by atoms with Gasteiger partial charge in [-0.05, 0) is 48.9 Å². The monoisotopic (exact) mass is 444 g/mol. The van der Waals surface area contributed by atoms with Gasteiger partial charge in [0.1, 0.15) is 5.75 Å². The number of nitrogens with one attached hydrogen (secondary N) is 1. The minimum absolute atomic E-state index is 0.177. The van der Waals surface area contributed by atoms with Crippen LogP contribution in [0.4, 0.5) is 0 Å². The zero-order chi connectivity index (χ0) is 20.8. The summed E-state index contributed by atoms with van der Waals surface area (Å²) in [6, 6.07) is 12.9. The summed E-state index contributed by atoms with van der Waals surface area (Å²) in [5.41, 5.74) is 2.67. The summed E-state index contributed by atoms with van der Waals surface area (Å²) in [6.07, 6.45) is 0.388. The lowest BCUT2D eigenvalue weighted by molar-refractivity contribution is 0.415. The molecule has 148 valence electrons. The second-order valence-corrected chi connectivity index (χ2v) is 7.92. The van der Waals surface area contributed by atoms with Crippen molar-refractivity contribution in [1.82, 2.24) is 9.97 Å². The maximum Gasteiger partial charge on any atom is 0.254 e. The van der Waals surface area contributed by atoms with Crippen molar-refractivity contribution < 1.29 is 4.74 Å². The first-order valence-electron chi connectivity index (χ1n) is 8.76. The summed E-state index contributed by atoms with van der Waals surface area (Å²) in [4.78, 5) is 19.7. The zero-order valence-corrected chi connectivity index (χ0v) is 18.2. The summed E-state index contributed by atoms with van der Waals surface area (Å²) in [7, 11) is 1.63. The van der Waals surface area contributed by atoms with Gasteiger partial charge in [0.25, 0.3) is 5.56 Å². The second-order valence-electron chi connectivity index (χ2n) is 6.14. The summed E-state index contributed by atoms with van der Waals surface area (Å²) in [5, 5.41) is 1.62. The quantitative estimate of drug-likeness (QED) is 0.336. The van der Waals surface area contributed by atoms with Crippen molar-refractivity contribution in [2.75, 3.05) is 12.9 Å². The Bertz CT molecular complexity index is 1110. The Balaban J connectivity index is 1.74. The Morgan fingerprint density at radius 3 is 2.48 bits per heavy atom. The van der Waals surface area contributed by atoms with Gasteiger partial charge in [-0.1, -0.05) is 52.9 Å². The third-order valence-electron chi connectivity index (χ3n) is 4.24. The van der Waals surface area contributed by atoms with E-state index in [1.807, 2.05) is 24.3 Å². The molecule has 3 aromatic rings. The van der Waals surface area contributed by atoms with Gasteiger partial charge in [-0.25, -0.2) is 4.98 Å². The fourth-order valence-corrected chi connectivity index (χ4v) is 3.73. The summed E-state index contributed by atoms with van der Waals surface area (Å²) < 4.78 is 5.13. The van der Waals surface area contributed by atoms with Gasteiger partial charge in [0, 0.05) is 27.6 Å². The van der Waals surface area contributed by atoms with Gasteiger partial charge in [0.15, 0.2) is 5.16 Å². The maximum atomic E-state index is 12.3. The van der Waals surface area contributed by atoms with Gasteiger partial charge >= 0.3 is 0 Å². The number of nitrogens with zero attached hydrogens (tertiary/aromatic N) is 1. The highest BCUT2D eigenvalue weighted by Crippen LogP contribution is 2.27. The molecule has 3 rings (SSSR count). The van der Waals surface area contributed by atoms with Crippen LogP contribution in [0.5, 0.6) is 5.75 Å². The van der Waals surface area contributed by atoms with Crippen LogP contribution in [0.2, 0.25) is 10.0 Å². The van der Waals surface area contributed by atoms with Crippen LogP contribution in [0, 0.1) is 18.8 Å². The van der Waals surface area contributed by atoms with Crippen LogP contribution in [0.25, 0.3) is 0 Å². The summed E-state index contributed by atoms with van der Waals surface area (Å²) >= 11 is 13.9. The molecule has 0 aliphatic carbocycles. The van der Waals surface area contributed by atoms with Crippen molar-refractivity contribution in [3.05, 3.63) is 85.2 Å². The number of hydrogen-bond acceptors (Lipinski definition) is 4. The maximum absolute atomic E-state index is 12.3. The van der Waals surface area contributed by atoms with Crippen LogP contribution in [0.1, 0.15) is 22.4 Å². The molecular weight excluding hydrogens is 427 g/mol. The first-order chi connectivity index (χ1) is 14.0. The minimum Gasteiger partial charge on any atom is -0.497 e. The molecule has 2 aromatic carbocycles. The molecule has 1 heterocycles. The van der Waals surface area contributed by atoms with Crippen molar-refractivity contribution in [3.8, 4) is 17.6 Å². The van der Waals surface area contributed by atoms with E-state index in [1.165, 1.54) is 11.8 Å². The molecule has 0 saturated heterocycles. The van der Waals surface area contributed by atoms with E-state index in [0.29, 0.717) is 38.6 Å². The van der Waals surface area contributed by atoms with Crippen molar-refractivity contribution in [2.24, 2.45) is 0 Å². The third kappa shape index (κ3) is 5.57. The van der Waals surface area contributed by atoms with Crippen LogP contribution < -0.4 is 10.3 Å². The first kappa shape index (κ1) is 21.3. The molecule has 0 unspecified atom stereocenters. The molecule has 0 fully saturated rings. The van der Waals surface area contributed by atoms with Gasteiger partial charge in [-0.3, -0.25) is 4.79 Å². The molecule has 0 spiro atoms. The average Bonchev–Trinajstić information content (AvgIpc) is 2.72. The topological polar surface area (TPSA) is 55.0 Å². The molecule has 1 aromatic heterocycles. The lowest BCUT2D eigenvalue weighted by atomic mass is 10.1. The van der Waals surface area contributed by atoms with Crippen molar-refractivity contribution in [2.45, 2.75) is 18.5 Å². The highest BCUT2D eigenvalue weighted by Gasteiger charge is 2.13. The Morgan fingerprint density at radius 2 is 1.83 bits per heavy atom. The number of hydrogen-bond donors (Lipinski definition) is 1. The number of aromatic nitrogens is 2. The van der Waals surface area contributed by atoms with E-state index in [9.17, 15) is 4.79 Å². The van der Waals surface area contributed by atoms with E-state index in [4.69, 9.17) is 27.9 Å². The molecule has 0 aliphatic heterocycles. The van der Waals surface area contributed by atoms with Crippen LogP contribution in [-0.2, 0) is 6.42 Å². The molecule has 0 amide bonds. The van der Waals surface area contributed by atoms with Crippen LogP contribution >= 0.6 is 35.0 Å². The van der Waals surface area contributed by atoms with Gasteiger partial charge in [-0.15, -0.1) is 0 Å². The van der Waals surface area contributed by atoms with Crippen LogP contribution in [0.3, 0.4) is 0 Å². The highest BCUT2D eigenvalue weighted by molar-refractivity contribution is 7.99. The van der Waals surface area contributed by atoms with Gasteiger partial charge < -0.3 is 9.72 Å². The predicted molar refractivity (Wildman–Crippen MR) is 119 cm³/mol. The lowest BCUT2D eigenvalue weighted by Gasteiger charge is -2.09. The average molecular weight is 445 g/mol. The van der Waals surface area contributed by atoms with Crippen molar-refractivity contribution in [3.63, 3.8) is 0 Å². The zero-order valence-electron chi connectivity index (χ0n) is 15.9. The second kappa shape index (κ2) is 9.89. The normalized spacial score (nSPS) is 10.3. The number of rotatable bonds is 5. The van der Waals surface area contributed by atoms with Gasteiger partial charge in [0.2, 0.25) is 0 Å². The molecule has 0 radical (unpaired) electrons. The number of benzene rings is 2. The van der Waals surface area contributed by atoms with Crippen LogP contribution in [0.15, 0.2) is 52.4 Å². The molecule has 0 atom stereocenters. The first-order valence-corrected chi connectivity index (χ1v) is 10.5. The Hall–Kier alpha value is -2.39. The summed E-state index contributed by atoms with van der Waals surface area (Å²) in [5.74, 6) is 7.44. The molecule has 0 saturated carbocycles. The van der Waals surface area contributed by atoms with E-state index in [0.717, 1.165) is 16.9 Å². The van der Waals surface area contributed by atoms with Gasteiger partial charge in [-0.2, -0.15) is 0 Å². The molecule has 0 aliphatic rings. The van der Waals surface area contributed by atoms with E-state index < -0.39 is 0 Å². The molecule has 0 bridgehead atoms. The van der Waals surface area contributed by atoms with E-state index in [2.05, 4.69) is 21.8 Å². The molecular formula is C22H18Cl2N2O2S. The Morgan fingerprint density at radius 1 is 1.14 bits per heavy atom. The molecule has 4 nitrogen and oxygen atoms in total. The number of aromatic amines is 1. The molecule has 29 heavy (non-hydrogen) atoms. The van der Waals surface area contributed by atoms with E-state index in [1.54, 1.807) is 32.2 Å². The fourth-order valence-electron chi connectivity index (χ4n) is 2.58. The standard InChI is InChI=1S/C22H18Cl2N2O2S/c1-14-20(13-17-18(23)6-3-7-19(17)24)25-22(26-21(14)27)29-12-4-5-15-8-10-16(28-2)11-9-15/h3,6-11H,12-13H2,1-2H3,(H,25,26,27). The number of thioether (sulfide) groups is 1. The fraction of sp³-hybridized carbons (Fsp3) is 0.182. The smallest absolute Gasteiger partial charge is 0.254 e. The van der Waals surface area contributed by atoms with Gasteiger partial charge in [0.05, 0.1) is 18.6 Å². The summed E-state index contributed by atoms with van der Waals surface area (Å²) in [6.45, 7) is 1.74.